The number of halogens is 2. The first-order valence-corrected chi connectivity index (χ1v) is 8.63. The van der Waals surface area contributed by atoms with Gasteiger partial charge in [0.15, 0.2) is 0 Å². The fraction of sp³-hybridized carbons (Fsp3) is 0.316. The first-order valence-electron chi connectivity index (χ1n) is 8.25. The number of ether oxygens (including phenoxy) is 2. The summed E-state index contributed by atoms with van der Waals surface area (Å²) in [7, 11) is 1.83. The highest BCUT2D eigenvalue weighted by atomic mass is 35.5. The lowest BCUT2D eigenvalue weighted by atomic mass is 10.3. The quantitative estimate of drug-likeness (QED) is 0.644. The number of amides is 1. The van der Waals surface area contributed by atoms with Crippen molar-refractivity contribution in [1.29, 1.82) is 0 Å². The third-order valence-corrected chi connectivity index (χ3v) is 3.73. The second kappa shape index (κ2) is 10.6. The summed E-state index contributed by atoms with van der Waals surface area (Å²) in [5.41, 5.74) is 0. The third-order valence-electron chi connectivity index (χ3n) is 3.48. The van der Waals surface area contributed by atoms with Crippen LogP contribution in [0.5, 0.6) is 11.5 Å². The monoisotopic (exact) mass is 380 g/mol. The highest BCUT2D eigenvalue weighted by Crippen LogP contribution is 2.15. The van der Waals surface area contributed by atoms with Crippen molar-refractivity contribution in [2.75, 3.05) is 39.9 Å². The number of carbonyl (C=O) groups excluding carboxylic acids is 1. The van der Waals surface area contributed by atoms with Crippen molar-refractivity contribution >= 4 is 17.5 Å². The molecule has 0 aliphatic rings. The van der Waals surface area contributed by atoms with Gasteiger partial charge in [0.05, 0.1) is 13.1 Å². The van der Waals surface area contributed by atoms with Crippen molar-refractivity contribution in [2.45, 2.75) is 0 Å². The summed E-state index contributed by atoms with van der Waals surface area (Å²) in [4.78, 5) is 13.7. The number of carbonyl (C=O) groups is 1. The summed E-state index contributed by atoms with van der Waals surface area (Å²) in [6.07, 6.45) is 0. The largest absolute Gasteiger partial charge is 0.492 e. The van der Waals surface area contributed by atoms with Gasteiger partial charge >= 0.3 is 0 Å². The van der Waals surface area contributed by atoms with E-state index in [9.17, 15) is 9.18 Å². The van der Waals surface area contributed by atoms with E-state index in [1.165, 1.54) is 12.1 Å². The predicted molar refractivity (Wildman–Crippen MR) is 99.3 cm³/mol. The zero-order chi connectivity index (χ0) is 18.8. The van der Waals surface area contributed by atoms with Crippen molar-refractivity contribution < 1.29 is 18.7 Å². The maximum absolute atomic E-state index is 12.8. The summed E-state index contributed by atoms with van der Waals surface area (Å²) in [6.45, 7) is 2.04. The lowest BCUT2D eigenvalue weighted by Gasteiger charge is -2.16. The van der Waals surface area contributed by atoms with Gasteiger partial charge < -0.3 is 14.8 Å². The molecule has 2 aromatic carbocycles. The molecule has 0 fully saturated rings. The van der Waals surface area contributed by atoms with E-state index in [-0.39, 0.29) is 18.3 Å². The zero-order valence-corrected chi connectivity index (χ0v) is 15.3. The number of likely N-dealkylation sites (N-methyl/N-ethyl adjacent to an activating group) is 1. The number of benzene rings is 2. The van der Waals surface area contributed by atoms with E-state index >= 15 is 0 Å². The Bertz CT molecular complexity index is 680. The van der Waals surface area contributed by atoms with Gasteiger partial charge in [0.2, 0.25) is 5.91 Å². The summed E-state index contributed by atoms with van der Waals surface area (Å²) in [5.74, 6) is 0.919. The molecule has 0 aliphatic carbocycles. The minimum atomic E-state index is -0.300. The van der Waals surface area contributed by atoms with Gasteiger partial charge in [-0.1, -0.05) is 11.6 Å². The van der Waals surface area contributed by atoms with E-state index in [1.807, 2.05) is 11.9 Å². The standard InChI is InChI=1S/C19H22ClFN2O3/c1-23(11-13-26-18-8-4-16(21)5-9-18)14-19(24)22-10-12-25-17-6-2-15(20)3-7-17/h2-9H,10-14H2,1H3,(H,22,24). The normalized spacial score (nSPS) is 10.6. The highest BCUT2D eigenvalue weighted by Gasteiger charge is 2.06. The van der Waals surface area contributed by atoms with Crippen molar-refractivity contribution in [3.05, 3.63) is 59.4 Å². The van der Waals surface area contributed by atoms with Crippen LogP contribution < -0.4 is 14.8 Å². The Morgan fingerprint density at radius 2 is 1.62 bits per heavy atom. The van der Waals surface area contributed by atoms with Crippen LogP contribution in [0.25, 0.3) is 0 Å². The lowest BCUT2D eigenvalue weighted by molar-refractivity contribution is -0.122. The summed E-state index contributed by atoms with van der Waals surface area (Å²) >= 11 is 5.80. The van der Waals surface area contributed by atoms with Crippen LogP contribution >= 0.6 is 11.6 Å². The molecule has 1 N–H and O–H groups in total. The van der Waals surface area contributed by atoms with E-state index in [0.717, 1.165) is 0 Å². The van der Waals surface area contributed by atoms with E-state index in [2.05, 4.69) is 5.32 Å². The minimum Gasteiger partial charge on any atom is -0.492 e. The number of nitrogens with zero attached hydrogens (tertiary/aromatic N) is 1. The fourth-order valence-electron chi connectivity index (χ4n) is 2.12. The Hall–Kier alpha value is -2.31. The molecular formula is C19H22ClFN2O3. The molecule has 0 aliphatic heterocycles. The van der Waals surface area contributed by atoms with Crippen molar-refractivity contribution in [1.82, 2.24) is 10.2 Å². The predicted octanol–water partition coefficient (Wildman–Crippen LogP) is 2.98. The molecule has 1 amide bonds. The molecule has 0 heterocycles. The van der Waals surface area contributed by atoms with E-state index in [0.29, 0.717) is 42.8 Å². The van der Waals surface area contributed by atoms with Gasteiger partial charge in [0.1, 0.15) is 30.5 Å². The Morgan fingerprint density at radius 1 is 1.04 bits per heavy atom. The van der Waals surface area contributed by atoms with Crippen LogP contribution in [-0.4, -0.2) is 50.7 Å². The van der Waals surface area contributed by atoms with E-state index in [1.54, 1.807) is 36.4 Å². The Kier molecular flexibility index (Phi) is 8.18. The Balaban J connectivity index is 1.55. The summed E-state index contributed by atoms with van der Waals surface area (Å²) in [5, 5.41) is 3.45. The van der Waals surface area contributed by atoms with Crippen molar-refractivity contribution in [2.24, 2.45) is 0 Å². The van der Waals surface area contributed by atoms with E-state index < -0.39 is 0 Å². The zero-order valence-electron chi connectivity index (χ0n) is 14.6. The molecular weight excluding hydrogens is 359 g/mol. The van der Waals surface area contributed by atoms with Crippen molar-refractivity contribution in [3.63, 3.8) is 0 Å². The topological polar surface area (TPSA) is 50.8 Å². The van der Waals surface area contributed by atoms with Gasteiger partial charge in [-0.3, -0.25) is 9.69 Å². The second-order valence-corrected chi connectivity index (χ2v) is 6.13. The molecule has 0 unspecified atom stereocenters. The average Bonchev–Trinajstić information content (AvgIpc) is 2.62. The van der Waals surface area contributed by atoms with Crippen LogP contribution in [0.4, 0.5) is 4.39 Å². The number of rotatable bonds is 10. The maximum atomic E-state index is 12.8. The van der Waals surface area contributed by atoms with Crippen molar-refractivity contribution in [3.8, 4) is 11.5 Å². The average molecular weight is 381 g/mol. The molecule has 26 heavy (non-hydrogen) atoms. The van der Waals surface area contributed by atoms with Crippen LogP contribution in [0.15, 0.2) is 48.5 Å². The fourth-order valence-corrected chi connectivity index (χ4v) is 2.25. The molecule has 2 rings (SSSR count). The first-order chi connectivity index (χ1) is 12.5. The van der Waals surface area contributed by atoms with Crippen LogP contribution in [0.2, 0.25) is 5.02 Å². The maximum Gasteiger partial charge on any atom is 0.234 e. The molecule has 140 valence electrons. The van der Waals surface area contributed by atoms with Gasteiger partial charge in [0, 0.05) is 11.6 Å². The number of hydrogen-bond acceptors (Lipinski definition) is 4. The third kappa shape index (κ3) is 7.72. The minimum absolute atomic E-state index is 0.0889. The van der Waals surface area contributed by atoms with Gasteiger partial charge in [-0.25, -0.2) is 4.39 Å². The lowest BCUT2D eigenvalue weighted by Crippen LogP contribution is -2.38. The number of hydrogen-bond donors (Lipinski definition) is 1. The molecule has 0 aromatic heterocycles. The first kappa shape index (κ1) is 20.0. The smallest absolute Gasteiger partial charge is 0.234 e. The summed E-state index contributed by atoms with van der Waals surface area (Å²) < 4.78 is 23.8. The van der Waals surface area contributed by atoms with Gasteiger partial charge in [-0.2, -0.15) is 0 Å². The van der Waals surface area contributed by atoms with Crippen LogP contribution in [0, 0.1) is 5.82 Å². The Morgan fingerprint density at radius 3 is 2.27 bits per heavy atom. The van der Waals surface area contributed by atoms with Gasteiger partial charge in [-0.15, -0.1) is 0 Å². The molecule has 7 heteroatoms. The Labute approximate surface area is 157 Å². The highest BCUT2D eigenvalue weighted by molar-refractivity contribution is 6.30. The van der Waals surface area contributed by atoms with Gasteiger partial charge in [-0.05, 0) is 55.6 Å². The molecule has 0 saturated carbocycles. The molecule has 2 aromatic rings. The summed E-state index contributed by atoms with van der Waals surface area (Å²) in [6, 6.07) is 12.9. The second-order valence-electron chi connectivity index (χ2n) is 5.69. The molecule has 0 spiro atoms. The molecule has 0 saturated heterocycles. The number of nitrogens with one attached hydrogen (secondary N) is 1. The SMILES string of the molecule is CN(CCOc1ccc(F)cc1)CC(=O)NCCOc1ccc(Cl)cc1. The van der Waals surface area contributed by atoms with Crippen LogP contribution in [0.1, 0.15) is 0 Å². The van der Waals surface area contributed by atoms with Crippen LogP contribution in [-0.2, 0) is 4.79 Å². The molecule has 0 bridgehead atoms. The van der Waals surface area contributed by atoms with Gasteiger partial charge in [0.25, 0.3) is 0 Å². The molecule has 0 atom stereocenters. The van der Waals surface area contributed by atoms with Crippen LogP contribution in [0.3, 0.4) is 0 Å². The molecule has 0 radical (unpaired) electrons. The molecule has 5 nitrogen and oxygen atoms in total. The van der Waals surface area contributed by atoms with E-state index in [4.69, 9.17) is 21.1 Å².